The molecule has 0 spiro atoms. The number of nitriles is 2. The number of anilines is 1. The first-order valence-electron chi connectivity index (χ1n) is 10.1. The minimum Gasteiger partial charge on any atom is -0.469 e. The Bertz CT molecular complexity index is 1060. The minimum absolute atomic E-state index is 0.0814. The number of fused-ring (bicyclic) bond motifs is 1. The van der Waals surface area contributed by atoms with Crippen molar-refractivity contribution in [1.29, 1.82) is 10.5 Å². The summed E-state index contributed by atoms with van der Waals surface area (Å²) in [6.45, 7) is 2.65. The van der Waals surface area contributed by atoms with Crippen LogP contribution in [0.15, 0.2) is 18.3 Å². The maximum Gasteiger partial charge on any atom is 0.213 e. The Labute approximate surface area is 187 Å². The summed E-state index contributed by atoms with van der Waals surface area (Å²) in [7, 11) is 4.29. The predicted octanol–water partition coefficient (Wildman–Crippen LogP) is 0.150. The molecule has 2 aliphatic heterocycles. The van der Waals surface area contributed by atoms with E-state index in [1.807, 2.05) is 18.3 Å². The van der Waals surface area contributed by atoms with Crippen LogP contribution in [0.4, 0.5) is 5.82 Å². The molecule has 1 saturated heterocycles. The maximum atomic E-state index is 9.57. The van der Waals surface area contributed by atoms with Crippen molar-refractivity contribution in [3.63, 3.8) is 0 Å². The number of hydrogen-bond acceptors (Lipinski definition) is 8. The Balaban J connectivity index is 1.59. The molecule has 31 heavy (non-hydrogen) atoms. The fourth-order valence-electron chi connectivity index (χ4n) is 3.91. The van der Waals surface area contributed by atoms with Crippen LogP contribution in [0, 0.1) is 22.7 Å². The summed E-state index contributed by atoms with van der Waals surface area (Å²) >= 11 is 6.23. The van der Waals surface area contributed by atoms with Crippen molar-refractivity contribution in [1.82, 2.24) is 14.9 Å². The largest absolute Gasteiger partial charge is 0.469 e. The van der Waals surface area contributed by atoms with Crippen LogP contribution >= 0.6 is 11.6 Å². The minimum atomic E-state index is -0.318. The molecule has 0 bridgehead atoms. The van der Waals surface area contributed by atoms with E-state index in [9.17, 15) is 5.26 Å². The van der Waals surface area contributed by atoms with Gasteiger partial charge >= 0.3 is 0 Å². The fourth-order valence-corrected chi connectivity index (χ4v) is 4.15. The van der Waals surface area contributed by atoms with Crippen LogP contribution in [-0.2, 0) is 23.0 Å². The Morgan fingerprint density at radius 1 is 1.32 bits per heavy atom. The molecule has 0 aliphatic carbocycles. The van der Waals surface area contributed by atoms with Gasteiger partial charge in [0.15, 0.2) is 0 Å². The first-order valence-corrected chi connectivity index (χ1v) is 10.5. The van der Waals surface area contributed by atoms with E-state index in [2.05, 4.69) is 48.0 Å². The Morgan fingerprint density at radius 3 is 2.74 bits per heavy atom. The summed E-state index contributed by atoms with van der Waals surface area (Å²) in [5, 5.41) is 21.4. The van der Waals surface area contributed by atoms with Crippen molar-refractivity contribution >= 4 is 33.1 Å². The van der Waals surface area contributed by atoms with E-state index in [0.717, 1.165) is 23.2 Å². The summed E-state index contributed by atoms with van der Waals surface area (Å²) in [6.07, 6.45) is 2.60. The van der Waals surface area contributed by atoms with Crippen molar-refractivity contribution in [2.75, 3.05) is 31.6 Å². The van der Waals surface area contributed by atoms with Crippen LogP contribution in [0.1, 0.15) is 22.3 Å². The molecule has 0 aromatic carbocycles. The number of ether oxygens (including phenoxy) is 2. The van der Waals surface area contributed by atoms with Gasteiger partial charge in [-0.3, -0.25) is 0 Å². The first kappa shape index (κ1) is 21.5. The van der Waals surface area contributed by atoms with Gasteiger partial charge in [-0.15, -0.1) is 0 Å². The van der Waals surface area contributed by atoms with Gasteiger partial charge in [-0.2, -0.15) is 10.5 Å². The molecule has 8 nitrogen and oxygen atoms in total. The molecule has 4 heterocycles. The van der Waals surface area contributed by atoms with Gasteiger partial charge in [0.05, 0.1) is 24.8 Å². The smallest absolute Gasteiger partial charge is 0.213 e. The molecule has 4 rings (SSSR count). The quantitative estimate of drug-likeness (QED) is 0.389. The van der Waals surface area contributed by atoms with Gasteiger partial charge < -0.3 is 19.7 Å². The first-order chi connectivity index (χ1) is 14.9. The van der Waals surface area contributed by atoms with E-state index in [-0.39, 0.29) is 23.1 Å². The zero-order chi connectivity index (χ0) is 22.0. The summed E-state index contributed by atoms with van der Waals surface area (Å²) in [5.74, 6) is 1.16. The highest BCUT2D eigenvalue weighted by Gasteiger charge is 2.34. The molecule has 11 heteroatoms. The van der Waals surface area contributed by atoms with Crippen molar-refractivity contribution < 1.29 is 9.47 Å². The maximum absolute atomic E-state index is 9.57. The predicted molar refractivity (Wildman–Crippen MR) is 120 cm³/mol. The molecule has 0 atom stereocenters. The number of nitrogens with one attached hydrogen (secondary N) is 1. The number of aromatic nitrogens is 2. The van der Waals surface area contributed by atoms with Gasteiger partial charge in [0.1, 0.15) is 45.4 Å². The Morgan fingerprint density at radius 2 is 2.13 bits per heavy atom. The normalized spacial score (nSPS) is 16.5. The van der Waals surface area contributed by atoms with E-state index >= 15 is 0 Å². The van der Waals surface area contributed by atoms with Crippen LogP contribution in [0.3, 0.4) is 0 Å². The third kappa shape index (κ3) is 4.20. The van der Waals surface area contributed by atoms with Crippen molar-refractivity contribution in [2.45, 2.75) is 24.4 Å². The lowest BCUT2D eigenvalue weighted by molar-refractivity contribution is -0.0813. The van der Waals surface area contributed by atoms with Crippen LogP contribution in [0.25, 0.3) is 0 Å². The third-order valence-electron chi connectivity index (χ3n) is 5.92. The summed E-state index contributed by atoms with van der Waals surface area (Å²) in [5.41, 5.74) is 3.29. The highest BCUT2D eigenvalue weighted by atomic mass is 35.5. The van der Waals surface area contributed by atoms with E-state index < -0.39 is 0 Å². The topological polar surface area (TPSA) is 107 Å². The zero-order valence-electron chi connectivity index (χ0n) is 17.5. The summed E-state index contributed by atoms with van der Waals surface area (Å²) < 4.78 is 10.9. The van der Waals surface area contributed by atoms with E-state index in [1.54, 1.807) is 0 Å². The number of halogens is 1. The lowest BCUT2D eigenvalue weighted by Crippen LogP contribution is -2.50. The monoisotopic (exact) mass is 434 g/mol. The van der Waals surface area contributed by atoms with Crippen molar-refractivity contribution in [2.24, 2.45) is 0 Å². The highest BCUT2D eigenvalue weighted by Crippen LogP contribution is 2.35. The van der Waals surface area contributed by atoms with Gasteiger partial charge in [0.25, 0.3) is 0 Å². The zero-order valence-corrected chi connectivity index (χ0v) is 18.2. The molecule has 2 aromatic heterocycles. The molecule has 2 aromatic rings. The molecule has 0 amide bonds. The molecule has 0 saturated carbocycles. The van der Waals surface area contributed by atoms with Crippen molar-refractivity contribution in [3.8, 4) is 18.0 Å². The SMILES string of the molecule is BC(B)(c1ccc(OC2COC2)nc1)N1CCc2c(C#N)c(Cl)nc(NCC#N)c2C1. The number of pyridine rings is 2. The number of nitrogens with zero attached hydrogens (tertiary/aromatic N) is 5. The van der Waals surface area contributed by atoms with Crippen LogP contribution in [-0.4, -0.2) is 63.0 Å². The molecule has 1 N–H and O–H groups in total. The molecule has 0 radical (unpaired) electrons. The molecular weight excluding hydrogens is 413 g/mol. The van der Waals surface area contributed by atoms with Gasteiger partial charge in [-0.25, -0.2) is 9.97 Å². The van der Waals surface area contributed by atoms with Crippen LogP contribution in [0.2, 0.25) is 5.15 Å². The second-order valence-corrected chi connectivity index (χ2v) is 8.46. The van der Waals surface area contributed by atoms with Gasteiger partial charge in [0, 0.05) is 30.9 Å². The Kier molecular flexibility index (Phi) is 6.06. The van der Waals surface area contributed by atoms with Gasteiger partial charge in [0.2, 0.25) is 5.88 Å². The van der Waals surface area contributed by atoms with E-state index in [0.29, 0.717) is 43.4 Å². The Hall–Kier alpha value is -2.78. The molecule has 2 aliphatic rings. The van der Waals surface area contributed by atoms with Gasteiger partial charge in [-0.1, -0.05) is 17.7 Å². The van der Waals surface area contributed by atoms with Crippen LogP contribution < -0.4 is 10.1 Å². The second kappa shape index (κ2) is 8.76. The average molecular weight is 435 g/mol. The van der Waals surface area contributed by atoms with Crippen molar-refractivity contribution in [3.05, 3.63) is 45.7 Å². The molecule has 1 fully saturated rings. The van der Waals surface area contributed by atoms with Crippen LogP contribution in [0.5, 0.6) is 5.88 Å². The lowest BCUT2D eigenvalue weighted by atomic mass is 9.56. The number of hydrogen-bond donors (Lipinski definition) is 1. The molecule has 156 valence electrons. The lowest BCUT2D eigenvalue weighted by Gasteiger charge is -2.43. The van der Waals surface area contributed by atoms with E-state index in [1.165, 1.54) is 0 Å². The fraction of sp³-hybridized carbons (Fsp3) is 0.400. The average Bonchev–Trinajstić information content (AvgIpc) is 2.74. The summed E-state index contributed by atoms with van der Waals surface area (Å²) in [4.78, 5) is 11.1. The highest BCUT2D eigenvalue weighted by molar-refractivity contribution is 6.39. The molecule has 0 unspecified atom stereocenters. The molecular formula is C20H21B2ClN6O2. The van der Waals surface area contributed by atoms with Gasteiger partial charge in [-0.05, 0) is 22.9 Å². The van der Waals surface area contributed by atoms with E-state index in [4.69, 9.17) is 26.3 Å². The number of rotatable bonds is 6. The summed E-state index contributed by atoms with van der Waals surface area (Å²) in [6, 6.07) is 8.18. The second-order valence-electron chi connectivity index (χ2n) is 8.10. The standard InChI is InChI=1S/C20H21B2ClN6O2/c21-20(22,12-1-2-17(27-8-12)31-13-10-30-11-13)29-6-3-14-15(7-25)18(23)28-19(16(14)9-29)26-5-4-24/h1-2,8,13H,3,5-6,9-11,21-22H2,(H,26,28). The third-order valence-corrected chi connectivity index (χ3v) is 6.20.